The molecule has 2 aromatic heterocycles. The molecule has 3 heterocycles. The summed E-state index contributed by atoms with van der Waals surface area (Å²) in [6.07, 6.45) is 4.02. The van der Waals surface area contributed by atoms with E-state index in [9.17, 15) is 9.59 Å². The van der Waals surface area contributed by atoms with Gasteiger partial charge in [-0.3, -0.25) is 14.6 Å². The topological polar surface area (TPSA) is 80.1 Å². The molecule has 144 valence electrons. The second-order valence-corrected chi connectivity index (χ2v) is 7.01. The standard InChI is InChI=1S/C21H23N5O2/c1-15-16(8-6-11-22-15)23-19(27)10-14-26-18-9-3-2-7-17(18)24-20(21(26)28)25-12-4-5-13-25/h2-3,6-9,11H,4-5,10,12-14H2,1H3,(H,23,27). The fourth-order valence-electron chi connectivity index (χ4n) is 3.58. The molecule has 1 amide bonds. The lowest BCUT2D eigenvalue weighted by molar-refractivity contribution is -0.116. The van der Waals surface area contributed by atoms with Gasteiger partial charge < -0.3 is 14.8 Å². The van der Waals surface area contributed by atoms with Crippen molar-refractivity contribution in [3.63, 3.8) is 0 Å². The van der Waals surface area contributed by atoms with Crippen molar-refractivity contribution in [2.24, 2.45) is 0 Å². The molecular weight excluding hydrogens is 354 g/mol. The van der Waals surface area contributed by atoms with Crippen molar-refractivity contribution in [1.82, 2.24) is 14.5 Å². The average molecular weight is 377 g/mol. The minimum absolute atomic E-state index is 0.133. The Morgan fingerprint density at radius 2 is 1.93 bits per heavy atom. The second-order valence-electron chi connectivity index (χ2n) is 7.01. The number of benzene rings is 1. The molecule has 3 aromatic rings. The lowest BCUT2D eigenvalue weighted by Gasteiger charge is -2.19. The van der Waals surface area contributed by atoms with E-state index in [0.717, 1.165) is 42.7 Å². The maximum Gasteiger partial charge on any atom is 0.294 e. The molecule has 0 unspecified atom stereocenters. The third-order valence-corrected chi connectivity index (χ3v) is 5.08. The lowest BCUT2D eigenvalue weighted by atomic mass is 10.2. The quantitative estimate of drug-likeness (QED) is 0.739. The summed E-state index contributed by atoms with van der Waals surface area (Å²) in [7, 11) is 0. The molecule has 0 atom stereocenters. The van der Waals surface area contributed by atoms with Gasteiger partial charge in [-0.25, -0.2) is 4.98 Å². The van der Waals surface area contributed by atoms with Crippen LogP contribution in [0.25, 0.3) is 11.0 Å². The fourth-order valence-corrected chi connectivity index (χ4v) is 3.58. The molecule has 1 fully saturated rings. The smallest absolute Gasteiger partial charge is 0.294 e. The van der Waals surface area contributed by atoms with Gasteiger partial charge in [-0.05, 0) is 44.0 Å². The van der Waals surface area contributed by atoms with Crippen LogP contribution in [0.1, 0.15) is 25.0 Å². The van der Waals surface area contributed by atoms with Gasteiger partial charge >= 0.3 is 0 Å². The lowest BCUT2D eigenvalue weighted by Crippen LogP contribution is -2.32. The summed E-state index contributed by atoms with van der Waals surface area (Å²) in [6, 6.07) is 11.2. The molecule has 28 heavy (non-hydrogen) atoms. The van der Waals surface area contributed by atoms with E-state index < -0.39 is 0 Å². The van der Waals surface area contributed by atoms with Crippen molar-refractivity contribution < 1.29 is 4.79 Å². The van der Waals surface area contributed by atoms with E-state index >= 15 is 0 Å². The van der Waals surface area contributed by atoms with Crippen LogP contribution in [0, 0.1) is 6.92 Å². The Balaban J connectivity index is 1.60. The number of nitrogens with one attached hydrogen (secondary N) is 1. The molecule has 1 aliphatic heterocycles. The molecule has 0 saturated carbocycles. The molecular formula is C21H23N5O2. The highest BCUT2D eigenvalue weighted by molar-refractivity contribution is 5.91. The fraction of sp³-hybridized carbons (Fsp3) is 0.333. The van der Waals surface area contributed by atoms with E-state index in [1.807, 2.05) is 42.2 Å². The van der Waals surface area contributed by atoms with E-state index in [1.165, 1.54) is 0 Å². The zero-order valence-electron chi connectivity index (χ0n) is 15.9. The number of nitrogens with zero attached hydrogens (tertiary/aromatic N) is 4. The number of fused-ring (bicyclic) bond motifs is 1. The molecule has 7 heteroatoms. The first-order chi connectivity index (χ1) is 13.6. The first-order valence-electron chi connectivity index (χ1n) is 9.59. The molecule has 0 radical (unpaired) electrons. The molecule has 1 aliphatic rings. The number of aryl methyl sites for hydroxylation is 2. The molecule has 0 bridgehead atoms. The molecule has 1 aromatic carbocycles. The highest BCUT2D eigenvalue weighted by Gasteiger charge is 2.20. The summed E-state index contributed by atoms with van der Waals surface area (Å²) in [5, 5.41) is 2.87. The predicted octanol–water partition coefficient (Wildman–Crippen LogP) is 2.73. The summed E-state index contributed by atoms with van der Waals surface area (Å²) in [6.45, 7) is 3.84. The van der Waals surface area contributed by atoms with E-state index in [4.69, 9.17) is 0 Å². The van der Waals surface area contributed by atoms with Crippen LogP contribution in [0.5, 0.6) is 0 Å². The Bertz CT molecular complexity index is 1070. The van der Waals surface area contributed by atoms with Crippen LogP contribution in [-0.4, -0.2) is 33.5 Å². The van der Waals surface area contributed by atoms with Crippen LogP contribution in [0.3, 0.4) is 0 Å². The number of carbonyl (C=O) groups is 1. The number of rotatable bonds is 5. The molecule has 1 N–H and O–H groups in total. The maximum atomic E-state index is 13.1. The predicted molar refractivity (Wildman–Crippen MR) is 110 cm³/mol. The van der Waals surface area contributed by atoms with Gasteiger partial charge in [-0.2, -0.15) is 0 Å². The number of hydrogen-bond acceptors (Lipinski definition) is 5. The van der Waals surface area contributed by atoms with Crippen LogP contribution in [0.4, 0.5) is 11.5 Å². The third-order valence-electron chi connectivity index (χ3n) is 5.08. The van der Waals surface area contributed by atoms with Gasteiger partial charge in [0, 0.05) is 32.3 Å². The highest BCUT2D eigenvalue weighted by Crippen LogP contribution is 2.19. The van der Waals surface area contributed by atoms with Crippen LogP contribution in [-0.2, 0) is 11.3 Å². The average Bonchev–Trinajstić information content (AvgIpc) is 3.23. The van der Waals surface area contributed by atoms with Crippen molar-refractivity contribution in [2.45, 2.75) is 32.7 Å². The number of carbonyl (C=O) groups excluding carboxylic acids is 1. The van der Waals surface area contributed by atoms with Crippen molar-refractivity contribution >= 4 is 28.4 Å². The minimum Gasteiger partial charge on any atom is -0.352 e. The van der Waals surface area contributed by atoms with Crippen molar-refractivity contribution in [2.75, 3.05) is 23.3 Å². The number of hydrogen-bond donors (Lipinski definition) is 1. The van der Waals surface area contributed by atoms with Gasteiger partial charge in [0.25, 0.3) is 5.56 Å². The monoisotopic (exact) mass is 377 g/mol. The summed E-state index contributed by atoms with van der Waals surface area (Å²) >= 11 is 0. The van der Waals surface area contributed by atoms with E-state index in [0.29, 0.717) is 18.1 Å². The number of aromatic nitrogens is 3. The van der Waals surface area contributed by atoms with Crippen LogP contribution in [0.2, 0.25) is 0 Å². The van der Waals surface area contributed by atoms with Gasteiger partial charge in [0.05, 0.1) is 22.4 Å². The van der Waals surface area contributed by atoms with Gasteiger partial charge in [-0.15, -0.1) is 0 Å². The van der Waals surface area contributed by atoms with Gasteiger partial charge in [0.15, 0.2) is 5.82 Å². The number of amides is 1. The molecule has 4 rings (SSSR count). The van der Waals surface area contributed by atoms with E-state index in [1.54, 1.807) is 16.8 Å². The summed E-state index contributed by atoms with van der Waals surface area (Å²) in [5.74, 6) is 0.339. The largest absolute Gasteiger partial charge is 0.352 e. The normalized spacial score (nSPS) is 13.8. The zero-order chi connectivity index (χ0) is 19.5. The van der Waals surface area contributed by atoms with Gasteiger partial charge in [0.1, 0.15) is 0 Å². The number of pyridine rings is 1. The van der Waals surface area contributed by atoms with Crippen molar-refractivity contribution in [3.05, 3.63) is 58.6 Å². The third kappa shape index (κ3) is 3.60. The first kappa shape index (κ1) is 18.2. The van der Waals surface area contributed by atoms with Gasteiger partial charge in [-0.1, -0.05) is 12.1 Å². The Hall–Kier alpha value is -3.22. The van der Waals surface area contributed by atoms with Crippen LogP contribution < -0.4 is 15.8 Å². The summed E-state index contributed by atoms with van der Waals surface area (Å²) in [4.78, 5) is 36.4. The summed E-state index contributed by atoms with van der Waals surface area (Å²) < 4.78 is 1.67. The maximum absolute atomic E-state index is 13.1. The Morgan fingerprint density at radius 3 is 2.71 bits per heavy atom. The molecule has 0 spiro atoms. The Labute approximate surface area is 163 Å². The van der Waals surface area contributed by atoms with E-state index in [-0.39, 0.29) is 17.9 Å². The molecule has 7 nitrogen and oxygen atoms in total. The number of anilines is 2. The Morgan fingerprint density at radius 1 is 1.14 bits per heavy atom. The SMILES string of the molecule is Cc1ncccc1NC(=O)CCn1c(=O)c(N2CCCC2)nc2ccccc21. The molecule has 1 saturated heterocycles. The highest BCUT2D eigenvalue weighted by atomic mass is 16.2. The minimum atomic E-state index is -0.147. The van der Waals surface area contributed by atoms with Crippen molar-refractivity contribution in [1.29, 1.82) is 0 Å². The van der Waals surface area contributed by atoms with Crippen molar-refractivity contribution in [3.8, 4) is 0 Å². The first-order valence-corrected chi connectivity index (χ1v) is 9.59. The van der Waals surface area contributed by atoms with Crippen LogP contribution >= 0.6 is 0 Å². The Kier molecular flexibility index (Phi) is 5.06. The van der Waals surface area contributed by atoms with E-state index in [2.05, 4.69) is 15.3 Å². The number of para-hydroxylation sites is 2. The molecule has 0 aliphatic carbocycles. The zero-order valence-corrected chi connectivity index (χ0v) is 15.9. The summed E-state index contributed by atoms with van der Waals surface area (Å²) in [5.41, 5.74) is 2.84. The van der Waals surface area contributed by atoms with Gasteiger partial charge in [0.2, 0.25) is 5.91 Å². The van der Waals surface area contributed by atoms with Crippen LogP contribution in [0.15, 0.2) is 47.4 Å². The second kappa shape index (κ2) is 7.80.